The van der Waals surface area contributed by atoms with E-state index in [2.05, 4.69) is 68.6 Å². The molecule has 0 aliphatic rings. The lowest BCUT2D eigenvalue weighted by Gasteiger charge is -2.10. The van der Waals surface area contributed by atoms with Crippen LogP contribution < -0.4 is 10.1 Å². The standard InChI is InChI=1S/C18H23NO/c1-4-19-12-16-6-5-7-17(11-16)13-20-18-9-14(2)8-15(3)10-18/h5-11,19H,4,12-13H2,1-3H3. The number of nitrogens with one attached hydrogen (secondary N) is 1. The maximum absolute atomic E-state index is 5.89. The van der Waals surface area contributed by atoms with E-state index in [4.69, 9.17) is 4.74 Å². The van der Waals surface area contributed by atoms with Crippen molar-refractivity contribution in [2.45, 2.75) is 33.9 Å². The molecule has 0 spiro atoms. The van der Waals surface area contributed by atoms with Crippen LogP contribution in [0.5, 0.6) is 5.75 Å². The van der Waals surface area contributed by atoms with E-state index in [0.717, 1.165) is 18.8 Å². The molecule has 106 valence electrons. The highest BCUT2D eigenvalue weighted by molar-refractivity contribution is 5.33. The largest absolute Gasteiger partial charge is 0.489 e. The Bertz CT molecular complexity index is 543. The van der Waals surface area contributed by atoms with Gasteiger partial charge in [0.1, 0.15) is 12.4 Å². The van der Waals surface area contributed by atoms with Crippen LogP contribution in [-0.4, -0.2) is 6.54 Å². The van der Waals surface area contributed by atoms with Crippen molar-refractivity contribution in [3.8, 4) is 5.75 Å². The fourth-order valence-corrected chi connectivity index (χ4v) is 2.28. The van der Waals surface area contributed by atoms with Crippen molar-refractivity contribution in [1.29, 1.82) is 0 Å². The number of benzene rings is 2. The Labute approximate surface area is 121 Å². The maximum Gasteiger partial charge on any atom is 0.120 e. The van der Waals surface area contributed by atoms with Crippen molar-refractivity contribution >= 4 is 0 Å². The van der Waals surface area contributed by atoms with E-state index in [9.17, 15) is 0 Å². The van der Waals surface area contributed by atoms with Crippen LogP contribution in [0, 0.1) is 13.8 Å². The quantitative estimate of drug-likeness (QED) is 0.856. The smallest absolute Gasteiger partial charge is 0.120 e. The van der Waals surface area contributed by atoms with E-state index in [0.29, 0.717) is 6.61 Å². The van der Waals surface area contributed by atoms with Gasteiger partial charge in [0.2, 0.25) is 0 Å². The van der Waals surface area contributed by atoms with Crippen molar-refractivity contribution in [2.24, 2.45) is 0 Å². The third-order valence-electron chi connectivity index (χ3n) is 3.17. The summed E-state index contributed by atoms with van der Waals surface area (Å²) in [4.78, 5) is 0. The first-order valence-corrected chi connectivity index (χ1v) is 7.17. The summed E-state index contributed by atoms with van der Waals surface area (Å²) in [6.07, 6.45) is 0. The summed E-state index contributed by atoms with van der Waals surface area (Å²) in [5.41, 5.74) is 4.98. The molecule has 2 rings (SSSR count). The van der Waals surface area contributed by atoms with Crippen molar-refractivity contribution < 1.29 is 4.74 Å². The minimum atomic E-state index is 0.614. The molecule has 0 fully saturated rings. The van der Waals surface area contributed by atoms with Gasteiger partial charge in [0.25, 0.3) is 0 Å². The van der Waals surface area contributed by atoms with Gasteiger partial charge in [-0.2, -0.15) is 0 Å². The molecule has 2 heteroatoms. The monoisotopic (exact) mass is 269 g/mol. The number of rotatable bonds is 6. The number of hydrogen-bond acceptors (Lipinski definition) is 2. The molecule has 0 aliphatic carbocycles. The Morgan fingerprint density at radius 3 is 2.35 bits per heavy atom. The van der Waals surface area contributed by atoms with Crippen LogP contribution in [-0.2, 0) is 13.2 Å². The average Bonchev–Trinajstić information content (AvgIpc) is 2.42. The molecule has 0 heterocycles. The molecule has 1 N–H and O–H groups in total. The molecule has 0 saturated carbocycles. The highest BCUT2D eigenvalue weighted by Gasteiger charge is 2.00. The van der Waals surface area contributed by atoms with E-state index >= 15 is 0 Å². The van der Waals surface area contributed by atoms with Gasteiger partial charge in [-0.15, -0.1) is 0 Å². The molecule has 0 radical (unpaired) electrons. The van der Waals surface area contributed by atoms with E-state index in [1.165, 1.54) is 22.3 Å². The van der Waals surface area contributed by atoms with E-state index in [-0.39, 0.29) is 0 Å². The Hall–Kier alpha value is -1.80. The first kappa shape index (κ1) is 14.6. The molecule has 2 aromatic rings. The van der Waals surface area contributed by atoms with Gasteiger partial charge in [-0.05, 0) is 54.8 Å². The molecule has 0 atom stereocenters. The minimum Gasteiger partial charge on any atom is -0.489 e. The molecular weight excluding hydrogens is 246 g/mol. The molecule has 2 nitrogen and oxygen atoms in total. The normalized spacial score (nSPS) is 10.6. The Balaban J connectivity index is 1.99. The fraction of sp³-hybridized carbons (Fsp3) is 0.333. The lowest BCUT2D eigenvalue weighted by atomic mass is 10.1. The lowest BCUT2D eigenvalue weighted by Crippen LogP contribution is -2.11. The SMILES string of the molecule is CCNCc1cccc(COc2cc(C)cc(C)c2)c1. The molecule has 0 unspecified atom stereocenters. The molecule has 0 aromatic heterocycles. The molecule has 0 amide bonds. The van der Waals surface area contributed by atoms with Gasteiger partial charge in [0, 0.05) is 6.54 Å². The fourth-order valence-electron chi connectivity index (χ4n) is 2.28. The summed E-state index contributed by atoms with van der Waals surface area (Å²) < 4.78 is 5.89. The second-order valence-corrected chi connectivity index (χ2v) is 5.21. The summed E-state index contributed by atoms with van der Waals surface area (Å²) >= 11 is 0. The average molecular weight is 269 g/mol. The topological polar surface area (TPSA) is 21.3 Å². The predicted octanol–water partition coefficient (Wildman–Crippen LogP) is 3.99. The second-order valence-electron chi connectivity index (χ2n) is 5.21. The van der Waals surface area contributed by atoms with E-state index in [1.807, 2.05) is 0 Å². The third-order valence-corrected chi connectivity index (χ3v) is 3.17. The van der Waals surface area contributed by atoms with Crippen LogP contribution in [0.25, 0.3) is 0 Å². The lowest BCUT2D eigenvalue weighted by molar-refractivity contribution is 0.305. The summed E-state index contributed by atoms with van der Waals surface area (Å²) in [6, 6.07) is 14.9. The summed E-state index contributed by atoms with van der Waals surface area (Å²) in [5, 5.41) is 3.34. The Morgan fingerprint density at radius 2 is 1.65 bits per heavy atom. The van der Waals surface area contributed by atoms with Crippen LogP contribution in [0.1, 0.15) is 29.2 Å². The molecule has 20 heavy (non-hydrogen) atoms. The summed E-state index contributed by atoms with van der Waals surface area (Å²) in [6.45, 7) is 8.82. The molecule has 0 saturated heterocycles. The Kier molecular flexibility index (Phi) is 5.19. The number of ether oxygens (including phenoxy) is 1. The highest BCUT2D eigenvalue weighted by Crippen LogP contribution is 2.18. The van der Waals surface area contributed by atoms with Crippen molar-refractivity contribution in [3.05, 3.63) is 64.7 Å². The van der Waals surface area contributed by atoms with Gasteiger partial charge in [-0.3, -0.25) is 0 Å². The van der Waals surface area contributed by atoms with Crippen LogP contribution in [0.15, 0.2) is 42.5 Å². The predicted molar refractivity (Wildman–Crippen MR) is 84.1 cm³/mol. The minimum absolute atomic E-state index is 0.614. The van der Waals surface area contributed by atoms with Crippen molar-refractivity contribution in [1.82, 2.24) is 5.32 Å². The summed E-state index contributed by atoms with van der Waals surface area (Å²) in [7, 11) is 0. The molecule has 0 aliphatic heterocycles. The van der Waals surface area contributed by atoms with Gasteiger partial charge in [-0.1, -0.05) is 37.3 Å². The van der Waals surface area contributed by atoms with Gasteiger partial charge in [-0.25, -0.2) is 0 Å². The van der Waals surface area contributed by atoms with Crippen LogP contribution in [0.4, 0.5) is 0 Å². The van der Waals surface area contributed by atoms with E-state index in [1.54, 1.807) is 0 Å². The zero-order valence-corrected chi connectivity index (χ0v) is 12.6. The zero-order chi connectivity index (χ0) is 14.4. The van der Waals surface area contributed by atoms with Crippen LogP contribution >= 0.6 is 0 Å². The van der Waals surface area contributed by atoms with Gasteiger partial charge < -0.3 is 10.1 Å². The molecule has 0 bridgehead atoms. The maximum atomic E-state index is 5.89. The van der Waals surface area contributed by atoms with Gasteiger partial charge in [0.15, 0.2) is 0 Å². The molecular formula is C18H23NO. The first-order chi connectivity index (χ1) is 9.67. The molecule has 2 aromatic carbocycles. The highest BCUT2D eigenvalue weighted by atomic mass is 16.5. The Morgan fingerprint density at radius 1 is 0.950 bits per heavy atom. The third kappa shape index (κ3) is 4.39. The van der Waals surface area contributed by atoms with Crippen molar-refractivity contribution in [2.75, 3.05) is 6.54 Å². The zero-order valence-electron chi connectivity index (χ0n) is 12.6. The number of hydrogen-bond donors (Lipinski definition) is 1. The van der Waals surface area contributed by atoms with Crippen LogP contribution in [0.3, 0.4) is 0 Å². The van der Waals surface area contributed by atoms with E-state index < -0.39 is 0 Å². The van der Waals surface area contributed by atoms with Gasteiger partial charge >= 0.3 is 0 Å². The first-order valence-electron chi connectivity index (χ1n) is 7.17. The second kappa shape index (κ2) is 7.11. The number of aryl methyl sites for hydroxylation is 2. The van der Waals surface area contributed by atoms with Crippen molar-refractivity contribution in [3.63, 3.8) is 0 Å². The van der Waals surface area contributed by atoms with Gasteiger partial charge in [0.05, 0.1) is 0 Å². The van der Waals surface area contributed by atoms with Crippen LogP contribution in [0.2, 0.25) is 0 Å². The summed E-state index contributed by atoms with van der Waals surface area (Å²) in [5.74, 6) is 0.944.